The van der Waals surface area contributed by atoms with Crippen molar-refractivity contribution in [1.29, 1.82) is 0 Å². The zero-order valence-corrected chi connectivity index (χ0v) is 14.0. The van der Waals surface area contributed by atoms with E-state index in [4.69, 9.17) is 9.84 Å². The van der Waals surface area contributed by atoms with Crippen molar-refractivity contribution < 1.29 is 28.2 Å². The Morgan fingerprint density at radius 2 is 1.81 bits per heavy atom. The maximum atomic E-state index is 13.6. The topological polar surface area (TPSA) is 66.8 Å². The molecule has 3 rings (SSSR count). The second kappa shape index (κ2) is 7.11. The van der Waals surface area contributed by atoms with Crippen LogP contribution in [0.5, 0.6) is 11.5 Å². The maximum absolute atomic E-state index is 13.6. The zero-order valence-electron chi connectivity index (χ0n) is 14.0. The fourth-order valence-electron chi connectivity index (χ4n) is 2.99. The molecule has 136 valence electrons. The summed E-state index contributed by atoms with van der Waals surface area (Å²) in [6.45, 7) is 2.36. The molecule has 1 saturated heterocycles. The van der Waals surface area contributed by atoms with Crippen LogP contribution in [-0.4, -0.2) is 35.0 Å². The van der Waals surface area contributed by atoms with Crippen LogP contribution in [0.3, 0.4) is 0 Å². The quantitative estimate of drug-likeness (QED) is 0.904. The first-order valence-electron chi connectivity index (χ1n) is 8.10. The third-order valence-electron chi connectivity index (χ3n) is 4.44. The van der Waals surface area contributed by atoms with Gasteiger partial charge < -0.3 is 14.7 Å². The van der Waals surface area contributed by atoms with Gasteiger partial charge in [-0.1, -0.05) is 6.92 Å². The Labute approximate surface area is 148 Å². The van der Waals surface area contributed by atoms with Crippen LogP contribution in [0.1, 0.15) is 17.3 Å². The minimum Gasteiger partial charge on any atom is -0.481 e. The van der Waals surface area contributed by atoms with Gasteiger partial charge in [-0.15, -0.1) is 0 Å². The molecule has 0 unspecified atom stereocenters. The Morgan fingerprint density at radius 3 is 2.38 bits per heavy atom. The van der Waals surface area contributed by atoms with Gasteiger partial charge in [0, 0.05) is 24.7 Å². The van der Waals surface area contributed by atoms with Crippen LogP contribution in [0.25, 0.3) is 0 Å². The molecule has 1 aliphatic heterocycles. The Bertz CT molecular complexity index is 838. The molecular weight excluding hydrogens is 344 g/mol. The van der Waals surface area contributed by atoms with Crippen molar-refractivity contribution in [2.75, 3.05) is 13.1 Å². The van der Waals surface area contributed by atoms with Crippen LogP contribution in [0.2, 0.25) is 0 Å². The normalized spacial score (nSPS) is 19.4. The van der Waals surface area contributed by atoms with E-state index in [1.54, 1.807) is 6.92 Å². The number of amides is 1. The highest BCUT2D eigenvalue weighted by molar-refractivity contribution is 5.95. The fourth-order valence-corrected chi connectivity index (χ4v) is 2.99. The number of likely N-dealkylation sites (tertiary alicyclic amines) is 1. The summed E-state index contributed by atoms with van der Waals surface area (Å²) >= 11 is 0. The number of nitrogens with zero attached hydrogens (tertiary/aromatic N) is 1. The van der Waals surface area contributed by atoms with Crippen LogP contribution >= 0.6 is 0 Å². The van der Waals surface area contributed by atoms with Gasteiger partial charge in [0.05, 0.1) is 5.92 Å². The lowest BCUT2D eigenvalue weighted by molar-refractivity contribution is -0.142. The summed E-state index contributed by atoms with van der Waals surface area (Å²) in [7, 11) is 0. The zero-order chi connectivity index (χ0) is 18.8. The number of rotatable bonds is 4. The molecule has 1 heterocycles. The molecule has 0 saturated carbocycles. The summed E-state index contributed by atoms with van der Waals surface area (Å²) in [5.41, 5.74) is 0.384. The van der Waals surface area contributed by atoms with E-state index in [2.05, 4.69) is 0 Å². The van der Waals surface area contributed by atoms with Gasteiger partial charge in [0.15, 0.2) is 11.6 Å². The highest BCUT2D eigenvalue weighted by Gasteiger charge is 2.37. The lowest BCUT2D eigenvalue weighted by Gasteiger charge is -2.16. The minimum absolute atomic E-state index is 0.111. The van der Waals surface area contributed by atoms with Gasteiger partial charge in [-0.05, 0) is 42.3 Å². The lowest BCUT2D eigenvalue weighted by Crippen LogP contribution is -2.29. The number of hydrogen-bond acceptors (Lipinski definition) is 3. The Morgan fingerprint density at radius 1 is 1.12 bits per heavy atom. The van der Waals surface area contributed by atoms with Gasteiger partial charge in [-0.2, -0.15) is 0 Å². The largest absolute Gasteiger partial charge is 0.481 e. The molecule has 0 aliphatic carbocycles. The number of carboxylic acid groups (broad SMARTS) is 1. The predicted octanol–water partition coefficient (Wildman–Crippen LogP) is 3.55. The number of halogens is 2. The van der Waals surface area contributed by atoms with Gasteiger partial charge in [0.1, 0.15) is 11.6 Å². The Balaban J connectivity index is 1.69. The molecular formula is C19H17F2NO4. The molecule has 2 aromatic rings. The van der Waals surface area contributed by atoms with E-state index in [0.29, 0.717) is 17.9 Å². The summed E-state index contributed by atoms with van der Waals surface area (Å²) in [6.07, 6.45) is 0. The van der Waals surface area contributed by atoms with Gasteiger partial charge in [0.2, 0.25) is 0 Å². The van der Waals surface area contributed by atoms with Gasteiger partial charge >= 0.3 is 5.97 Å². The summed E-state index contributed by atoms with van der Waals surface area (Å²) in [4.78, 5) is 25.2. The molecule has 0 spiro atoms. The summed E-state index contributed by atoms with van der Waals surface area (Å²) in [6, 6.07) is 9.05. The standard InChI is InChI=1S/C19H17F2NO4/c1-11-9-22(10-15(11)19(24)25)18(23)12-2-5-14(6-3-12)26-17-7-4-13(20)8-16(17)21/h2-8,11,15H,9-10H2,1H3,(H,24,25)/t11-,15-/m1/s1. The van der Waals surface area contributed by atoms with Crippen molar-refractivity contribution in [3.63, 3.8) is 0 Å². The number of carbonyl (C=O) groups excluding carboxylic acids is 1. The van der Waals surface area contributed by atoms with E-state index in [1.165, 1.54) is 35.2 Å². The molecule has 1 fully saturated rings. The van der Waals surface area contributed by atoms with E-state index in [0.717, 1.165) is 12.1 Å². The number of benzene rings is 2. The van der Waals surface area contributed by atoms with Crippen molar-refractivity contribution in [2.45, 2.75) is 6.92 Å². The molecule has 1 amide bonds. The first kappa shape index (κ1) is 17.8. The number of aliphatic carboxylic acids is 1. The van der Waals surface area contributed by atoms with Crippen molar-refractivity contribution >= 4 is 11.9 Å². The molecule has 2 aromatic carbocycles. The highest BCUT2D eigenvalue weighted by Crippen LogP contribution is 2.27. The van der Waals surface area contributed by atoms with Gasteiger partial charge in [-0.3, -0.25) is 9.59 Å². The van der Waals surface area contributed by atoms with Crippen LogP contribution in [0.4, 0.5) is 8.78 Å². The average molecular weight is 361 g/mol. The lowest BCUT2D eigenvalue weighted by atomic mass is 9.99. The Kier molecular flexibility index (Phi) is 4.88. The molecule has 0 radical (unpaired) electrons. The first-order chi connectivity index (χ1) is 12.3. The smallest absolute Gasteiger partial charge is 0.308 e. The van der Waals surface area contributed by atoms with Crippen LogP contribution < -0.4 is 4.74 Å². The third kappa shape index (κ3) is 3.66. The second-order valence-corrected chi connectivity index (χ2v) is 6.33. The molecule has 1 N–H and O–H groups in total. The van der Waals surface area contributed by atoms with Crippen molar-refractivity contribution in [1.82, 2.24) is 4.90 Å². The second-order valence-electron chi connectivity index (χ2n) is 6.33. The molecule has 1 aliphatic rings. The fraction of sp³-hybridized carbons (Fsp3) is 0.263. The molecule has 0 aromatic heterocycles. The van der Waals surface area contributed by atoms with Crippen LogP contribution in [0.15, 0.2) is 42.5 Å². The number of ether oxygens (including phenoxy) is 1. The van der Waals surface area contributed by atoms with Crippen molar-refractivity contribution in [2.24, 2.45) is 11.8 Å². The van der Waals surface area contributed by atoms with E-state index in [1.807, 2.05) is 0 Å². The number of hydrogen-bond donors (Lipinski definition) is 1. The van der Waals surface area contributed by atoms with Crippen molar-refractivity contribution in [3.8, 4) is 11.5 Å². The van der Waals surface area contributed by atoms with Gasteiger partial charge in [-0.25, -0.2) is 8.78 Å². The summed E-state index contributed by atoms with van der Waals surface area (Å²) in [5, 5.41) is 9.16. The Hall–Kier alpha value is -2.96. The number of carboxylic acids is 1. The van der Waals surface area contributed by atoms with E-state index >= 15 is 0 Å². The molecule has 0 bridgehead atoms. The van der Waals surface area contributed by atoms with E-state index in [9.17, 15) is 18.4 Å². The van der Waals surface area contributed by atoms with Crippen molar-refractivity contribution in [3.05, 3.63) is 59.7 Å². The highest BCUT2D eigenvalue weighted by atomic mass is 19.1. The third-order valence-corrected chi connectivity index (χ3v) is 4.44. The first-order valence-corrected chi connectivity index (χ1v) is 8.10. The van der Waals surface area contributed by atoms with Crippen LogP contribution in [-0.2, 0) is 4.79 Å². The molecule has 5 nitrogen and oxygen atoms in total. The predicted molar refractivity (Wildman–Crippen MR) is 89.1 cm³/mol. The monoisotopic (exact) mass is 361 g/mol. The molecule has 2 atom stereocenters. The van der Waals surface area contributed by atoms with Gasteiger partial charge in [0.25, 0.3) is 5.91 Å². The summed E-state index contributed by atoms with van der Waals surface area (Å²) < 4.78 is 31.9. The van der Waals surface area contributed by atoms with Crippen LogP contribution in [0, 0.1) is 23.5 Å². The molecule has 7 heteroatoms. The molecule has 26 heavy (non-hydrogen) atoms. The maximum Gasteiger partial charge on any atom is 0.308 e. The SMILES string of the molecule is C[C@@H]1CN(C(=O)c2ccc(Oc3ccc(F)cc3F)cc2)C[C@H]1C(=O)O. The number of carbonyl (C=O) groups is 2. The minimum atomic E-state index is -0.905. The average Bonchev–Trinajstić information content (AvgIpc) is 2.99. The van der Waals surface area contributed by atoms with E-state index < -0.39 is 23.5 Å². The summed E-state index contributed by atoms with van der Waals surface area (Å²) in [5.74, 6) is -3.19. The van der Waals surface area contributed by atoms with E-state index in [-0.39, 0.29) is 24.1 Å².